The van der Waals surface area contributed by atoms with E-state index < -0.39 is 0 Å². The van der Waals surface area contributed by atoms with E-state index in [4.69, 9.17) is 9.47 Å². The quantitative estimate of drug-likeness (QED) is 0.796. The molecule has 3 nitrogen and oxygen atoms in total. The molecule has 0 spiro atoms. The Labute approximate surface area is 111 Å². The average Bonchev–Trinajstić information content (AvgIpc) is 2.40. The van der Waals surface area contributed by atoms with Crippen LogP contribution in [0.2, 0.25) is 0 Å². The van der Waals surface area contributed by atoms with Crippen molar-refractivity contribution in [2.75, 3.05) is 32.1 Å². The molecule has 17 heavy (non-hydrogen) atoms. The first-order valence-electron chi connectivity index (χ1n) is 5.84. The monoisotopic (exact) mass is 299 g/mol. The van der Waals surface area contributed by atoms with Crippen molar-refractivity contribution in [3.05, 3.63) is 29.8 Å². The Morgan fingerprint density at radius 2 is 2.18 bits per heavy atom. The van der Waals surface area contributed by atoms with E-state index in [0.29, 0.717) is 6.10 Å². The van der Waals surface area contributed by atoms with Crippen LogP contribution in [0.3, 0.4) is 0 Å². The number of alkyl halides is 1. The van der Waals surface area contributed by atoms with Crippen molar-refractivity contribution in [3.63, 3.8) is 0 Å². The number of nitrogens with zero attached hydrogens (tertiary/aromatic N) is 1. The van der Waals surface area contributed by atoms with Crippen molar-refractivity contribution in [1.82, 2.24) is 4.90 Å². The van der Waals surface area contributed by atoms with E-state index >= 15 is 0 Å². The Morgan fingerprint density at radius 1 is 1.41 bits per heavy atom. The van der Waals surface area contributed by atoms with Gasteiger partial charge in [-0.05, 0) is 17.7 Å². The third-order valence-electron chi connectivity index (χ3n) is 2.96. The molecule has 1 aromatic rings. The highest BCUT2D eigenvalue weighted by Gasteiger charge is 2.19. The zero-order valence-corrected chi connectivity index (χ0v) is 11.6. The molecule has 1 aliphatic heterocycles. The van der Waals surface area contributed by atoms with Gasteiger partial charge in [0.05, 0.1) is 19.8 Å². The van der Waals surface area contributed by atoms with Crippen molar-refractivity contribution in [3.8, 4) is 5.75 Å². The lowest BCUT2D eigenvalue weighted by Crippen LogP contribution is -2.42. The third-order valence-corrected chi connectivity index (χ3v) is 3.68. The molecular weight excluding hydrogens is 282 g/mol. The number of ether oxygens (including phenoxy) is 2. The number of hydrogen-bond donors (Lipinski definition) is 0. The summed E-state index contributed by atoms with van der Waals surface area (Å²) in [5.41, 5.74) is 1.32. The second-order valence-corrected chi connectivity index (χ2v) is 4.88. The number of morpholine rings is 1. The summed E-state index contributed by atoms with van der Waals surface area (Å²) >= 11 is 3.47. The minimum Gasteiger partial charge on any atom is -0.497 e. The Balaban J connectivity index is 1.90. The summed E-state index contributed by atoms with van der Waals surface area (Å²) in [7, 11) is 1.69. The molecule has 1 unspecified atom stereocenters. The van der Waals surface area contributed by atoms with E-state index in [1.165, 1.54) is 5.56 Å². The van der Waals surface area contributed by atoms with Crippen molar-refractivity contribution in [1.29, 1.82) is 0 Å². The first-order chi connectivity index (χ1) is 8.31. The molecule has 0 aromatic heterocycles. The van der Waals surface area contributed by atoms with Crippen LogP contribution < -0.4 is 4.74 Å². The van der Waals surface area contributed by atoms with E-state index in [-0.39, 0.29) is 0 Å². The summed E-state index contributed by atoms with van der Waals surface area (Å²) in [5, 5.41) is 0.909. The number of hydrogen-bond acceptors (Lipinski definition) is 3. The van der Waals surface area contributed by atoms with Crippen LogP contribution in [-0.2, 0) is 11.3 Å². The van der Waals surface area contributed by atoms with Gasteiger partial charge in [0.2, 0.25) is 0 Å². The molecule has 4 heteroatoms. The third kappa shape index (κ3) is 3.69. The molecule has 0 N–H and O–H groups in total. The standard InChI is InChI=1S/C13H18BrNO2/c1-16-12-4-2-11(3-5-12)9-15-6-7-17-13(8-14)10-15/h2-5,13H,6-10H2,1H3. The summed E-state index contributed by atoms with van der Waals surface area (Å²) in [6, 6.07) is 8.27. The van der Waals surface area contributed by atoms with Gasteiger partial charge in [-0.2, -0.15) is 0 Å². The highest BCUT2D eigenvalue weighted by Crippen LogP contribution is 2.15. The molecule has 0 radical (unpaired) electrons. The van der Waals surface area contributed by atoms with Gasteiger partial charge >= 0.3 is 0 Å². The first kappa shape index (κ1) is 12.9. The zero-order chi connectivity index (χ0) is 12.1. The van der Waals surface area contributed by atoms with E-state index in [1.807, 2.05) is 12.1 Å². The van der Waals surface area contributed by atoms with Crippen LogP contribution in [0.25, 0.3) is 0 Å². The Morgan fingerprint density at radius 3 is 2.82 bits per heavy atom. The Bertz CT molecular complexity index is 342. The zero-order valence-electron chi connectivity index (χ0n) is 10.1. The maximum atomic E-state index is 5.62. The SMILES string of the molecule is COc1ccc(CN2CCOC(CBr)C2)cc1. The number of benzene rings is 1. The summed E-state index contributed by atoms with van der Waals surface area (Å²) < 4.78 is 10.8. The fourth-order valence-electron chi connectivity index (χ4n) is 2.01. The lowest BCUT2D eigenvalue weighted by Gasteiger charge is -2.32. The van der Waals surface area contributed by atoms with Crippen LogP contribution >= 0.6 is 15.9 Å². The van der Waals surface area contributed by atoms with Gasteiger partial charge in [0.1, 0.15) is 5.75 Å². The van der Waals surface area contributed by atoms with Crippen molar-refractivity contribution in [2.45, 2.75) is 12.6 Å². The fraction of sp³-hybridized carbons (Fsp3) is 0.538. The van der Waals surface area contributed by atoms with Crippen molar-refractivity contribution >= 4 is 15.9 Å². The summed E-state index contributed by atoms with van der Waals surface area (Å²) in [6.07, 6.45) is 0.321. The Kier molecular flexibility index (Phi) is 4.83. The maximum absolute atomic E-state index is 5.62. The van der Waals surface area contributed by atoms with Crippen LogP contribution in [0.5, 0.6) is 5.75 Å². The molecular formula is C13H18BrNO2. The molecule has 94 valence electrons. The van der Waals surface area contributed by atoms with Crippen LogP contribution in [0.15, 0.2) is 24.3 Å². The number of methoxy groups -OCH3 is 1. The van der Waals surface area contributed by atoms with Crippen LogP contribution in [0.4, 0.5) is 0 Å². The topological polar surface area (TPSA) is 21.7 Å². The highest BCUT2D eigenvalue weighted by atomic mass is 79.9. The summed E-state index contributed by atoms with van der Waals surface area (Å²) in [5.74, 6) is 0.911. The summed E-state index contributed by atoms with van der Waals surface area (Å²) in [4.78, 5) is 2.43. The van der Waals surface area contributed by atoms with Gasteiger partial charge in [-0.15, -0.1) is 0 Å². The van der Waals surface area contributed by atoms with Gasteiger partial charge < -0.3 is 9.47 Å². The molecule has 0 amide bonds. The second kappa shape index (κ2) is 6.38. The van der Waals surface area contributed by atoms with Crippen LogP contribution in [0.1, 0.15) is 5.56 Å². The minimum absolute atomic E-state index is 0.321. The lowest BCUT2D eigenvalue weighted by molar-refractivity contribution is -0.0181. The van der Waals surface area contributed by atoms with Gasteiger partial charge in [-0.3, -0.25) is 4.90 Å². The van der Waals surface area contributed by atoms with E-state index in [9.17, 15) is 0 Å². The number of halogens is 1. The van der Waals surface area contributed by atoms with Gasteiger partial charge in [0, 0.05) is 25.0 Å². The average molecular weight is 300 g/mol. The van der Waals surface area contributed by atoms with E-state index in [0.717, 1.165) is 37.3 Å². The van der Waals surface area contributed by atoms with E-state index in [1.54, 1.807) is 7.11 Å². The molecule has 0 aliphatic carbocycles. The highest BCUT2D eigenvalue weighted by molar-refractivity contribution is 9.09. The predicted molar refractivity (Wildman–Crippen MR) is 71.8 cm³/mol. The minimum atomic E-state index is 0.321. The molecule has 0 saturated carbocycles. The molecule has 1 aliphatic rings. The summed E-state index contributed by atoms with van der Waals surface area (Å²) in [6.45, 7) is 3.82. The molecule has 1 aromatic carbocycles. The van der Waals surface area contributed by atoms with Gasteiger partial charge in [0.25, 0.3) is 0 Å². The molecule has 0 bridgehead atoms. The lowest BCUT2D eigenvalue weighted by atomic mass is 10.2. The Hall–Kier alpha value is -0.580. The first-order valence-corrected chi connectivity index (χ1v) is 6.97. The molecule has 1 atom stereocenters. The van der Waals surface area contributed by atoms with Crippen LogP contribution in [-0.4, -0.2) is 43.1 Å². The van der Waals surface area contributed by atoms with E-state index in [2.05, 4.69) is 33.0 Å². The predicted octanol–water partition coefficient (Wildman–Crippen LogP) is 2.29. The largest absolute Gasteiger partial charge is 0.497 e. The van der Waals surface area contributed by atoms with Crippen molar-refractivity contribution in [2.24, 2.45) is 0 Å². The fourth-order valence-corrected chi connectivity index (χ4v) is 2.40. The van der Waals surface area contributed by atoms with Gasteiger partial charge in [0.15, 0.2) is 0 Å². The molecule has 1 fully saturated rings. The molecule has 1 heterocycles. The van der Waals surface area contributed by atoms with Gasteiger partial charge in [-0.25, -0.2) is 0 Å². The molecule has 1 saturated heterocycles. The van der Waals surface area contributed by atoms with Crippen LogP contribution in [0, 0.1) is 0 Å². The normalized spacial score (nSPS) is 21.4. The second-order valence-electron chi connectivity index (χ2n) is 4.23. The maximum Gasteiger partial charge on any atom is 0.118 e. The van der Waals surface area contributed by atoms with Gasteiger partial charge in [-0.1, -0.05) is 28.1 Å². The van der Waals surface area contributed by atoms with Crippen molar-refractivity contribution < 1.29 is 9.47 Å². The smallest absolute Gasteiger partial charge is 0.118 e. The number of rotatable bonds is 4. The molecule has 2 rings (SSSR count).